The number of fused-ring (bicyclic) bond motifs is 2. The van der Waals surface area contributed by atoms with Crippen molar-refractivity contribution in [3.05, 3.63) is 70.8 Å². The van der Waals surface area contributed by atoms with Crippen molar-refractivity contribution >= 4 is 78.7 Å². The van der Waals surface area contributed by atoms with E-state index in [1.165, 1.54) is 64.2 Å². The van der Waals surface area contributed by atoms with E-state index in [9.17, 15) is 28.8 Å². The highest BCUT2D eigenvalue weighted by molar-refractivity contribution is 6.41. The predicted octanol–water partition coefficient (Wildman–Crippen LogP) is 16.7. The van der Waals surface area contributed by atoms with Gasteiger partial charge in [-0.2, -0.15) is 0 Å². The molecule has 5 aromatic rings. The smallest absolute Gasteiger partial charge is 0.329 e. The van der Waals surface area contributed by atoms with Gasteiger partial charge in [0.15, 0.2) is 0 Å². The van der Waals surface area contributed by atoms with E-state index >= 15 is 0 Å². The van der Waals surface area contributed by atoms with Gasteiger partial charge in [0.25, 0.3) is 23.6 Å². The molecule has 4 amide bonds. The van der Waals surface area contributed by atoms with Gasteiger partial charge in [0.2, 0.25) is 0 Å². The van der Waals surface area contributed by atoms with E-state index in [2.05, 4.69) is 27.7 Å². The van der Waals surface area contributed by atoms with Crippen LogP contribution in [0.4, 0.5) is 0 Å². The fourth-order valence-electron chi connectivity index (χ4n) is 12.5. The second kappa shape index (κ2) is 27.8. The van der Waals surface area contributed by atoms with Crippen LogP contribution in [0.2, 0.25) is 0 Å². The van der Waals surface area contributed by atoms with Crippen LogP contribution in [0.15, 0.2) is 48.5 Å². The van der Waals surface area contributed by atoms with Crippen molar-refractivity contribution in [1.82, 2.24) is 9.80 Å². The molecule has 10 nitrogen and oxygen atoms in total. The first kappa shape index (κ1) is 58.3. The minimum Gasteiger partial charge on any atom is -0.464 e. The molecule has 0 saturated carbocycles. The largest absolute Gasteiger partial charge is 0.464 e. The Morgan fingerprint density at radius 1 is 0.368 bits per heavy atom. The fourth-order valence-corrected chi connectivity index (χ4v) is 12.5. The van der Waals surface area contributed by atoms with Crippen LogP contribution in [-0.4, -0.2) is 70.7 Å². The van der Waals surface area contributed by atoms with Gasteiger partial charge in [-0.15, -0.1) is 0 Å². The third-order valence-electron chi connectivity index (χ3n) is 16.8. The molecule has 2 aliphatic rings. The van der Waals surface area contributed by atoms with Crippen LogP contribution in [0.1, 0.15) is 251 Å². The van der Waals surface area contributed by atoms with Crippen molar-refractivity contribution in [2.45, 2.75) is 222 Å². The molecule has 5 aromatic carbocycles. The molecule has 0 spiro atoms. The lowest BCUT2D eigenvalue weighted by atomic mass is 9.81. The lowest BCUT2D eigenvalue weighted by molar-refractivity contribution is -0.152. The molecule has 76 heavy (non-hydrogen) atoms. The Morgan fingerprint density at radius 2 is 0.618 bits per heavy atom. The lowest BCUT2D eigenvalue weighted by Crippen LogP contribution is -2.53. The average Bonchev–Trinajstić information content (AvgIpc) is 3.54. The van der Waals surface area contributed by atoms with Gasteiger partial charge in [0.1, 0.15) is 12.1 Å². The van der Waals surface area contributed by atoms with E-state index < -0.39 is 59.5 Å². The molecular weight excluding hydrogens is 949 g/mol. The van der Waals surface area contributed by atoms with Crippen LogP contribution in [0.3, 0.4) is 0 Å². The van der Waals surface area contributed by atoms with Crippen molar-refractivity contribution in [3.63, 3.8) is 0 Å². The van der Waals surface area contributed by atoms with Crippen LogP contribution in [0.25, 0.3) is 43.1 Å². The van der Waals surface area contributed by atoms with Crippen LogP contribution >= 0.6 is 0 Å². The van der Waals surface area contributed by atoms with Crippen molar-refractivity contribution in [2.24, 2.45) is 23.7 Å². The number of esters is 2. The van der Waals surface area contributed by atoms with E-state index in [0.717, 1.165) is 132 Å². The van der Waals surface area contributed by atoms with Gasteiger partial charge in [-0.25, -0.2) is 9.59 Å². The Labute approximate surface area is 454 Å². The summed E-state index contributed by atoms with van der Waals surface area (Å²) in [5, 5.41) is 5.59. The fraction of sp³-hybridized carbons (Fsp3) is 0.606. The maximum absolute atomic E-state index is 14.8. The molecule has 7 rings (SSSR count). The number of rotatable bonds is 34. The number of amides is 4. The van der Waals surface area contributed by atoms with Gasteiger partial charge in [-0.1, -0.05) is 208 Å². The molecule has 0 bridgehead atoms. The first-order valence-corrected chi connectivity index (χ1v) is 30.1. The molecule has 4 atom stereocenters. The second-order valence-corrected chi connectivity index (χ2v) is 23.3. The zero-order chi connectivity index (χ0) is 54.5. The molecule has 0 radical (unpaired) electrons. The summed E-state index contributed by atoms with van der Waals surface area (Å²) in [5.41, 5.74) is 1.32. The number of benzene rings is 5. The van der Waals surface area contributed by atoms with Gasteiger partial charge in [0.05, 0.1) is 13.2 Å². The number of carbonyl (C=O) groups excluding carboxylic acids is 6. The van der Waals surface area contributed by atoms with Gasteiger partial charge >= 0.3 is 11.9 Å². The summed E-state index contributed by atoms with van der Waals surface area (Å²) < 4.78 is 12.2. The Balaban J connectivity index is 1.14. The summed E-state index contributed by atoms with van der Waals surface area (Å²) in [6.07, 6.45) is 27.4. The van der Waals surface area contributed by atoms with E-state index in [1.807, 2.05) is 52.0 Å². The number of ether oxygens (including phenoxy) is 2. The molecule has 0 fully saturated rings. The zero-order valence-corrected chi connectivity index (χ0v) is 47.6. The summed E-state index contributed by atoms with van der Waals surface area (Å²) >= 11 is 0. The molecule has 412 valence electrons. The molecule has 0 aliphatic carbocycles. The van der Waals surface area contributed by atoms with E-state index in [1.54, 1.807) is 24.3 Å². The number of unbranched alkanes of at least 4 members (excludes halogenated alkanes) is 16. The van der Waals surface area contributed by atoms with Crippen molar-refractivity contribution in [3.8, 4) is 0 Å². The quantitative estimate of drug-likeness (QED) is 0.0131. The Kier molecular flexibility index (Phi) is 21.3. The molecule has 10 heteroatoms. The summed E-state index contributed by atoms with van der Waals surface area (Å²) in [6.45, 7) is 16.8. The van der Waals surface area contributed by atoms with Gasteiger partial charge in [0, 0.05) is 33.0 Å². The zero-order valence-electron chi connectivity index (χ0n) is 47.6. The standard InChI is InChI=1S/C66H90N2O8/c1-9-13-17-21-23-27-31-45(29-25-19-15-11-3)41-75-65(73)59(43(5)6)67-61(69)51-37-33-47-49-35-39-53-58-54(40-36-50(56(49)58)48-34-38-52(62(67)70)57(51)55(47)48)64(72)68(63(53)71)60(44(7)8)66(74)76-42-46(30-26-20-16-12-4)32-28-24-22-18-14-10-2/h33-40,43-46,59-60H,9-32,41-42H2,1-8H3. The Hall–Kier alpha value is -5.38. The first-order chi connectivity index (χ1) is 36.8. The van der Waals surface area contributed by atoms with Crippen LogP contribution in [0, 0.1) is 23.7 Å². The van der Waals surface area contributed by atoms with Crippen LogP contribution in [0.5, 0.6) is 0 Å². The maximum Gasteiger partial charge on any atom is 0.329 e. The highest BCUT2D eigenvalue weighted by Crippen LogP contribution is 2.47. The summed E-state index contributed by atoms with van der Waals surface area (Å²) in [6, 6.07) is 12.3. The highest BCUT2D eigenvalue weighted by atomic mass is 16.5. The summed E-state index contributed by atoms with van der Waals surface area (Å²) in [4.78, 5) is 90.0. The van der Waals surface area contributed by atoms with Gasteiger partial charge in [-0.05, 0) is 106 Å². The molecular formula is C66H90N2O8. The summed E-state index contributed by atoms with van der Waals surface area (Å²) in [7, 11) is 0. The van der Waals surface area contributed by atoms with Gasteiger partial charge < -0.3 is 9.47 Å². The number of carbonyl (C=O) groups is 6. The topological polar surface area (TPSA) is 127 Å². The van der Waals surface area contributed by atoms with E-state index in [0.29, 0.717) is 33.0 Å². The van der Waals surface area contributed by atoms with Crippen LogP contribution < -0.4 is 0 Å². The molecule has 2 heterocycles. The molecule has 2 aliphatic heterocycles. The monoisotopic (exact) mass is 1040 g/mol. The number of nitrogens with zero attached hydrogens (tertiary/aromatic N) is 2. The molecule has 0 aromatic heterocycles. The van der Waals surface area contributed by atoms with Crippen LogP contribution in [-0.2, 0) is 19.1 Å². The third kappa shape index (κ3) is 12.8. The lowest BCUT2D eigenvalue weighted by Gasteiger charge is -2.36. The van der Waals surface area contributed by atoms with Crippen molar-refractivity contribution in [2.75, 3.05) is 13.2 Å². The number of hydrogen-bond acceptors (Lipinski definition) is 8. The summed E-state index contributed by atoms with van der Waals surface area (Å²) in [5.74, 6) is -3.61. The van der Waals surface area contributed by atoms with Gasteiger partial charge in [-0.3, -0.25) is 29.0 Å². The van der Waals surface area contributed by atoms with Crippen molar-refractivity contribution in [1.29, 1.82) is 0 Å². The minimum atomic E-state index is -1.11. The average molecular weight is 1040 g/mol. The highest BCUT2D eigenvalue weighted by Gasteiger charge is 2.46. The minimum absolute atomic E-state index is 0.223. The number of imide groups is 2. The second-order valence-electron chi connectivity index (χ2n) is 23.3. The first-order valence-electron chi connectivity index (χ1n) is 30.1. The molecule has 0 N–H and O–H groups in total. The normalized spacial score (nSPS) is 15.3. The number of hydrogen-bond donors (Lipinski definition) is 0. The van der Waals surface area contributed by atoms with Crippen molar-refractivity contribution < 1.29 is 38.2 Å². The van der Waals surface area contributed by atoms with E-state index in [4.69, 9.17) is 9.47 Å². The van der Waals surface area contributed by atoms with E-state index in [-0.39, 0.29) is 25.0 Å². The predicted molar refractivity (Wildman–Crippen MR) is 308 cm³/mol. The Morgan fingerprint density at radius 3 is 0.882 bits per heavy atom. The SMILES string of the molecule is CCCCCCCCC(CCCCCC)COC(=O)C(C(C)C)N1C(=O)c2ccc3c4ccc5c6c(ccc(c7ccc(c2c37)C1=O)c64)C(=O)N(C(C(=O)OCC(CCCCCC)CCCCCCCC)C(C)C)C5=O. The molecule has 4 unspecified atom stereocenters. The molecule has 0 saturated heterocycles. The Bertz CT molecular complexity index is 2500. The third-order valence-corrected chi connectivity index (χ3v) is 16.8. The maximum atomic E-state index is 14.8.